The van der Waals surface area contributed by atoms with Gasteiger partial charge in [0.15, 0.2) is 57.7 Å². The van der Waals surface area contributed by atoms with Gasteiger partial charge in [-0.3, -0.25) is 14.5 Å². The Balaban J connectivity index is 0.000000190. The molecule has 388 valence electrons. The smallest absolute Gasteiger partial charge is 0.298 e. The van der Waals surface area contributed by atoms with Gasteiger partial charge in [-0.05, 0) is 96.8 Å². The lowest BCUT2D eigenvalue weighted by atomic mass is 9.91. The maximum absolute atomic E-state index is 14.7. The highest BCUT2D eigenvalue weighted by Gasteiger charge is 2.48. The summed E-state index contributed by atoms with van der Waals surface area (Å²) in [4.78, 5) is 42.7. The van der Waals surface area contributed by atoms with Crippen molar-refractivity contribution < 1.29 is 54.9 Å². The first kappa shape index (κ1) is 51.9. The fraction of sp³-hybridized carbons (Fsp3) is 0.608. The van der Waals surface area contributed by atoms with Crippen LogP contribution in [0.5, 0.6) is 11.5 Å². The number of halogens is 4. The van der Waals surface area contributed by atoms with Crippen LogP contribution in [-0.2, 0) is 22.6 Å². The van der Waals surface area contributed by atoms with E-state index >= 15 is 0 Å². The van der Waals surface area contributed by atoms with Gasteiger partial charge in [0.05, 0.1) is 51.5 Å². The maximum atomic E-state index is 14.7. The first-order valence-corrected chi connectivity index (χ1v) is 24.7. The molecule has 2 aliphatic heterocycles. The van der Waals surface area contributed by atoms with Crippen LogP contribution in [-0.4, -0.2) is 123 Å². The maximum Gasteiger partial charge on any atom is 0.298 e. The molecule has 2 amide bonds. The van der Waals surface area contributed by atoms with Crippen LogP contribution >= 0.6 is 0 Å². The summed E-state index contributed by atoms with van der Waals surface area (Å²) < 4.78 is 93.2. The molecule has 5 aliphatic rings. The molecule has 9 rings (SSSR count). The molecule has 2 aromatic heterocycles. The van der Waals surface area contributed by atoms with Crippen LogP contribution in [0, 0.1) is 41.0 Å². The first-order chi connectivity index (χ1) is 33.9. The lowest BCUT2D eigenvalue weighted by molar-refractivity contribution is -0.0380. The van der Waals surface area contributed by atoms with Gasteiger partial charge in [0.25, 0.3) is 23.8 Å². The van der Waals surface area contributed by atoms with Gasteiger partial charge in [-0.25, -0.2) is 17.6 Å². The molecule has 5 fully saturated rings. The van der Waals surface area contributed by atoms with Crippen molar-refractivity contribution in [2.24, 2.45) is 17.8 Å². The number of anilines is 4. The normalized spacial score (nSPS) is 22.7. The molecule has 16 nitrogen and oxygen atoms in total. The molecule has 4 aromatic rings. The fourth-order valence-electron chi connectivity index (χ4n) is 9.95. The SMILES string of the molecule is CCC1(OC)CN(c2nc(C(=O)Nc3cc(F)c(OC4CC5CC5C4)c(F)c3)c(CN(C)C)o2)C1.CCN(C)Cc1oc(N2CC(CC)(OC)C2)nc1C(=O)Nc1cc(F)c(OC2CCC(C)C2)c(F)c1. The second kappa shape index (κ2) is 21.3. The number of methoxy groups -OCH3 is 2. The van der Waals surface area contributed by atoms with Gasteiger partial charge in [0.1, 0.15) is 11.2 Å². The first-order valence-electron chi connectivity index (χ1n) is 24.7. The molecule has 0 radical (unpaired) electrons. The third-order valence-electron chi connectivity index (χ3n) is 14.8. The van der Waals surface area contributed by atoms with E-state index in [9.17, 15) is 27.2 Å². The monoisotopic (exact) mass is 997 g/mol. The van der Waals surface area contributed by atoms with Crippen molar-refractivity contribution in [2.45, 2.75) is 116 Å². The number of carbonyl (C=O) groups excluding carboxylic acids is 2. The Labute approximate surface area is 412 Å². The fourth-order valence-corrected chi connectivity index (χ4v) is 9.95. The summed E-state index contributed by atoms with van der Waals surface area (Å²) >= 11 is 0. The second-order valence-electron chi connectivity index (χ2n) is 20.4. The molecule has 71 heavy (non-hydrogen) atoms. The van der Waals surface area contributed by atoms with Crippen LogP contribution in [0.2, 0.25) is 0 Å². The highest BCUT2D eigenvalue weighted by molar-refractivity contribution is 6.04. The van der Waals surface area contributed by atoms with Crippen LogP contribution in [0.25, 0.3) is 0 Å². The number of amides is 2. The van der Waals surface area contributed by atoms with Crippen molar-refractivity contribution in [3.63, 3.8) is 0 Å². The van der Waals surface area contributed by atoms with Crippen LogP contribution in [0.3, 0.4) is 0 Å². The van der Waals surface area contributed by atoms with E-state index in [0.29, 0.717) is 80.6 Å². The highest BCUT2D eigenvalue weighted by Crippen LogP contribution is 2.53. The number of carbonyl (C=O) groups is 2. The van der Waals surface area contributed by atoms with E-state index in [1.165, 1.54) is 6.42 Å². The van der Waals surface area contributed by atoms with E-state index in [2.05, 4.69) is 41.4 Å². The molecule has 2 saturated heterocycles. The minimum Gasteiger partial charge on any atom is -0.484 e. The van der Waals surface area contributed by atoms with Crippen molar-refractivity contribution in [1.82, 2.24) is 19.8 Å². The predicted octanol–water partition coefficient (Wildman–Crippen LogP) is 8.90. The second-order valence-corrected chi connectivity index (χ2v) is 20.4. The van der Waals surface area contributed by atoms with Gasteiger partial charge in [0.2, 0.25) is 0 Å². The molecule has 2 N–H and O–H groups in total. The molecule has 0 spiro atoms. The number of nitrogens with one attached hydrogen (secondary N) is 2. The molecule has 4 heterocycles. The van der Waals surface area contributed by atoms with Crippen molar-refractivity contribution in [3.8, 4) is 11.5 Å². The molecule has 2 aromatic carbocycles. The largest absolute Gasteiger partial charge is 0.484 e. The summed E-state index contributed by atoms with van der Waals surface area (Å²) in [7, 11) is 8.95. The molecule has 3 saturated carbocycles. The molecular formula is C51H68F4N8O8. The Morgan fingerprint density at radius 2 is 1.11 bits per heavy atom. The third kappa shape index (κ3) is 11.6. The van der Waals surface area contributed by atoms with Crippen LogP contribution in [0.4, 0.5) is 41.0 Å². The number of fused-ring (bicyclic) bond motifs is 1. The molecule has 20 heteroatoms. The lowest BCUT2D eigenvalue weighted by Gasteiger charge is -2.47. The summed E-state index contributed by atoms with van der Waals surface area (Å²) in [6, 6.07) is 4.93. The Morgan fingerprint density at radius 3 is 1.49 bits per heavy atom. The summed E-state index contributed by atoms with van der Waals surface area (Å²) in [6.45, 7) is 12.0. The summed E-state index contributed by atoms with van der Waals surface area (Å²) in [5.41, 5.74) is -0.386. The standard InChI is InChI=1S/C26H36F2N4O4.C25H32F2N4O4/c1-6-26(34-5)14-32(15-26)25-30-22(21(36-25)13-31(4)7-2)24(33)29-17-11-19(27)23(20(28)12-17)35-18-9-8-16(3)10-18;1-5-25(33-4)12-31(13-25)24-29-21(20(35-24)11-30(2)3)23(32)28-16-9-18(26)22(19(27)10-16)34-17-7-14-6-15(14)8-17/h11-12,16,18H,6-10,13-15H2,1-5H3,(H,29,33);9-10,14-15,17H,5-8,11-13H2,1-4H3,(H,28,32). The number of hydrogen-bond donors (Lipinski definition) is 2. The van der Waals surface area contributed by atoms with Gasteiger partial charge < -0.3 is 53.1 Å². The van der Waals surface area contributed by atoms with Gasteiger partial charge in [-0.1, -0.05) is 27.7 Å². The number of rotatable bonds is 19. The van der Waals surface area contributed by atoms with Gasteiger partial charge >= 0.3 is 0 Å². The minimum absolute atomic E-state index is 0.0136. The quantitative estimate of drug-likeness (QED) is 0.0858. The van der Waals surface area contributed by atoms with E-state index in [1.54, 1.807) is 14.2 Å². The number of ether oxygens (including phenoxy) is 4. The van der Waals surface area contributed by atoms with Gasteiger partial charge in [-0.2, -0.15) is 9.97 Å². The molecule has 3 aliphatic carbocycles. The zero-order chi connectivity index (χ0) is 50.9. The van der Waals surface area contributed by atoms with E-state index in [1.807, 2.05) is 47.7 Å². The molecule has 0 bridgehead atoms. The Morgan fingerprint density at radius 1 is 0.676 bits per heavy atom. The van der Waals surface area contributed by atoms with Crippen molar-refractivity contribution >= 4 is 35.2 Å². The summed E-state index contributed by atoms with van der Waals surface area (Å²) in [6.07, 6.45) is 6.70. The zero-order valence-electron chi connectivity index (χ0n) is 42.3. The Kier molecular flexibility index (Phi) is 15.6. The van der Waals surface area contributed by atoms with E-state index in [4.69, 9.17) is 27.8 Å². The average molecular weight is 997 g/mol. The number of aromatic nitrogens is 2. The third-order valence-corrected chi connectivity index (χ3v) is 14.8. The van der Waals surface area contributed by atoms with Crippen LogP contribution in [0.15, 0.2) is 33.1 Å². The highest BCUT2D eigenvalue weighted by atomic mass is 19.1. The average Bonchev–Trinajstić information content (AvgIpc) is 3.72. The zero-order valence-corrected chi connectivity index (χ0v) is 42.3. The number of benzene rings is 2. The van der Waals surface area contributed by atoms with Crippen LogP contribution < -0.4 is 29.9 Å². The summed E-state index contributed by atoms with van der Waals surface area (Å²) in [5.74, 6) is -2.89. The van der Waals surface area contributed by atoms with E-state index in [-0.39, 0.29) is 51.9 Å². The topological polar surface area (TPSA) is 160 Å². The number of nitrogens with zero attached hydrogens (tertiary/aromatic N) is 6. The van der Waals surface area contributed by atoms with E-state index in [0.717, 1.165) is 75.8 Å². The molecule has 4 unspecified atom stereocenters. The lowest BCUT2D eigenvalue weighted by Crippen LogP contribution is -2.62. The molecular weight excluding hydrogens is 929 g/mol. The molecule has 4 atom stereocenters. The number of hydrogen-bond acceptors (Lipinski definition) is 14. The van der Waals surface area contributed by atoms with E-state index < -0.39 is 40.8 Å². The Hall–Kier alpha value is -5.44. The van der Waals surface area contributed by atoms with Crippen molar-refractivity contribution in [1.29, 1.82) is 0 Å². The predicted molar refractivity (Wildman–Crippen MR) is 258 cm³/mol. The number of oxazole rings is 2. The van der Waals surface area contributed by atoms with Gasteiger partial charge in [-0.15, -0.1) is 0 Å². The summed E-state index contributed by atoms with van der Waals surface area (Å²) in [5, 5.41) is 5.12. The van der Waals surface area contributed by atoms with Crippen LogP contribution in [0.1, 0.15) is 112 Å². The Bertz CT molecular complexity index is 2480. The minimum atomic E-state index is -0.854. The van der Waals surface area contributed by atoms with Crippen molar-refractivity contribution in [2.75, 3.05) is 88.5 Å². The van der Waals surface area contributed by atoms with Crippen molar-refractivity contribution in [3.05, 3.63) is 70.4 Å². The van der Waals surface area contributed by atoms with Gasteiger partial charge in [0, 0.05) is 49.9 Å².